The summed E-state index contributed by atoms with van der Waals surface area (Å²) < 4.78 is 19.7. The summed E-state index contributed by atoms with van der Waals surface area (Å²) in [5, 5.41) is 1.29. The molecule has 29 heavy (non-hydrogen) atoms. The molecule has 6 nitrogen and oxygen atoms in total. The Balaban J connectivity index is 1.85. The van der Waals surface area contributed by atoms with E-state index in [0.717, 1.165) is 35.5 Å². The Hall–Kier alpha value is -2.39. The molecule has 3 aromatic rings. The maximum absolute atomic E-state index is 14.1. The molecule has 0 amide bonds. The van der Waals surface area contributed by atoms with E-state index in [9.17, 15) is 4.39 Å². The van der Waals surface area contributed by atoms with E-state index < -0.39 is 0 Å². The van der Waals surface area contributed by atoms with Crippen LogP contribution >= 0.6 is 23.1 Å². The lowest BCUT2D eigenvalue weighted by Crippen LogP contribution is -1.99. The van der Waals surface area contributed by atoms with E-state index in [2.05, 4.69) is 16.9 Å². The highest BCUT2D eigenvalue weighted by Gasteiger charge is 2.15. The van der Waals surface area contributed by atoms with E-state index in [1.807, 2.05) is 13.0 Å². The quantitative estimate of drug-likeness (QED) is 0.364. The summed E-state index contributed by atoms with van der Waals surface area (Å²) in [6.45, 7) is 4.68. The standard InChI is InChI=1S/C20H24FN5OS2/c1-3-5-16-15(11-28-20-25-17(22)10-18(23)26-20)24-19(29-16)12-7-13(21)9-14(8-12)27-6-4-2/h7-10H,3-6,11H2,1-2H3,(H4,22,23,25,26). The van der Waals surface area contributed by atoms with Gasteiger partial charge in [0, 0.05) is 28.3 Å². The van der Waals surface area contributed by atoms with Crippen LogP contribution in [0.3, 0.4) is 0 Å². The van der Waals surface area contributed by atoms with Gasteiger partial charge in [-0.2, -0.15) is 0 Å². The number of nitrogen functional groups attached to an aromatic ring is 2. The topological polar surface area (TPSA) is 99.9 Å². The first-order chi connectivity index (χ1) is 14.0. The summed E-state index contributed by atoms with van der Waals surface area (Å²) in [4.78, 5) is 14.4. The predicted octanol–water partition coefficient (Wildman–Crippen LogP) is 4.94. The molecule has 0 saturated heterocycles. The maximum atomic E-state index is 14.1. The van der Waals surface area contributed by atoms with Crippen molar-refractivity contribution in [2.24, 2.45) is 0 Å². The van der Waals surface area contributed by atoms with Gasteiger partial charge in [0.25, 0.3) is 0 Å². The molecule has 0 bridgehead atoms. The highest BCUT2D eigenvalue weighted by Crippen LogP contribution is 2.34. The molecule has 0 spiro atoms. The molecule has 0 saturated carbocycles. The predicted molar refractivity (Wildman–Crippen MR) is 118 cm³/mol. The summed E-state index contributed by atoms with van der Waals surface area (Å²) in [5.74, 6) is 1.46. The van der Waals surface area contributed by atoms with Crippen molar-refractivity contribution in [2.45, 2.75) is 44.0 Å². The summed E-state index contributed by atoms with van der Waals surface area (Å²) in [7, 11) is 0. The summed E-state index contributed by atoms with van der Waals surface area (Å²) in [6.07, 6.45) is 2.76. The molecule has 0 atom stereocenters. The van der Waals surface area contributed by atoms with Crippen molar-refractivity contribution in [1.29, 1.82) is 0 Å². The number of aryl methyl sites for hydroxylation is 1. The molecule has 1 aromatic carbocycles. The molecular weight excluding hydrogens is 409 g/mol. The summed E-state index contributed by atoms with van der Waals surface area (Å²) in [5.41, 5.74) is 13.2. The molecule has 0 fully saturated rings. The van der Waals surface area contributed by atoms with Crippen LogP contribution in [0.1, 0.15) is 37.3 Å². The number of anilines is 2. The van der Waals surface area contributed by atoms with Crippen molar-refractivity contribution >= 4 is 34.7 Å². The van der Waals surface area contributed by atoms with Gasteiger partial charge >= 0.3 is 0 Å². The molecule has 3 rings (SSSR count). The Morgan fingerprint density at radius 2 is 1.79 bits per heavy atom. The van der Waals surface area contributed by atoms with Crippen LogP contribution in [0.2, 0.25) is 0 Å². The van der Waals surface area contributed by atoms with E-state index in [-0.39, 0.29) is 5.82 Å². The van der Waals surface area contributed by atoms with Crippen LogP contribution in [0.4, 0.5) is 16.0 Å². The second-order valence-corrected chi connectivity index (χ2v) is 8.48. The van der Waals surface area contributed by atoms with Crippen LogP contribution in [0, 0.1) is 5.82 Å². The van der Waals surface area contributed by atoms with E-state index in [1.54, 1.807) is 11.3 Å². The molecule has 9 heteroatoms. The van der Waals surface area contributed by atoms with Crippen LogP contribution in [-0.2, 0) is 12.2 Å². The molecule has 0 unspecified atom stereocenters. The fourth-order valence-corrected chi connectivity index (χ4v) is 4.79. The first-order valence-electron chi connectivity index (χ1n) is 9.43. The third kappa shape index (κ3) is 5.80. The summed E-state index contributed by atoms with van der Waals surface area (Å²) in [6, 6.07) is 6.26. The minimum atomic E-state index is -0.333. The van der Waals surface area contributed by atoms with Crippen molar-refractivity contribution in [2.75, 3.05) is 18.1 Å². The Kier molecular flexibility index (Phi) is 7.27. The zero-order valence-electron chi connectivity index (χ0n) is 16.4. The number of aromatic nitrogens is 3. The van der Waals surface area contributed by atoms with Gasteiger partial charge in [-0.05, 0) is 25.0 Å². The average molecular weight is 434 g/mol. The molecule has 154 valence electrons. The monoisotopic (exact) mass is 433 g/mol. The van der Waals surface area contributed by atoms with Crippen molar-refractivity contribution in [3.05, 3.63) is 40.7 Å². The van der Waals surface area contributed by atoms with Crippen molar-refractivity contribution in [1.82, 2.24) is 15.0 Å². The average Bonchev–Trinajstić information content (AvgIpc) is 3.07. The van der Waals surface area contributed by atoms with Crippen LogP contribution in [0.5, 0.6) is 5.75 Å². The molecule has 0 aliphatic heterocycles. The van der Waals surface area contributed by atoms with Gasteiger partial charge in [-0.3, -0.25) is 0 Å². The van der Waals surface area contributed by atoms with Crippen LogP contribution in [0.25, 0.3) is 10.6 Å². The highest BCUT2D eigenvalue weighted by molar-refractivity contribution is 7.98. The molecule has 0 radical (unpaired) electrons. The Morgan fingerprint density at radius 1 is 1.03 bits per heavy atom. The van der Waals surface area contributed by atoms with Gasteiger partial charge in [0.2, 0.25) is 0 Å². The molecule has 0 aliphatic rings. The van der Waals surface area contributed by atoms with Crippen LogP contribution in [-0.4, -0.2) is 21.6 Å². The van der Waals surface area contributed by atoms with Crippen molar-refractivity contribution < 1.29 is 9.13 Å². The Bertz CT molecular complexity index is 959. The number of benzene rings is 1. The number of nitrogens with zero attached hydrogens (tertiary/aromatic N) is 3. The van der Waals surface area contributed by atoms with Gasteiger partial charge in [-0.25, -0.2) is 19.3 Å². The van der Waals surface area contributed by atoms with Gasteiger partial charge in [-0.1, -0.05) is 32.0 Å². The Labute approximate surface area is 177 Å². The smallest absolute Gasteiger partial charge is 0.191 e. The number of nitrogens with two attached hydrogens (primary N) is 2. The zero-order valence-corrected chi connectivity index (χ0v) is 18.1. The van der Waals surface area contributed by atoms with Gasteiger partial charge in [0.05, 0.1) is 12.3 Å². The second-order valence-electron chi connectivity index (χ2n) is 6.45. The molecule has 0 aliphatic carbocycles. The fraction of sp³-hybridized carbons (Fsp3) is 0.350. The number of ether oxygens (including phenoxy) is 1. The third-order valence-corrected chi connectivity index (χ3v) is 5.99. The molecular formula is C20H24FN5OS2. The number of rotatable bonds is 9. The van der Waals surface area contributed by atoms with E-state index in [0.29, 0.717) is 34.9 Å². The first-order valence-corrected chi connectivity index (χ1v) is 11.2. The zero-order chi connectivity index (χ0) is 20.8. The fourth-order valence-electron chi connectivity index (χ4n) is 2.69. The second kappa shape index (κ2) is 9.89. The number of hydrogen-bond donors (Lipinski definition) is 2. The SMILES string of the molecule is CCCOc1cc(F)cc(-c2nc(CSc3nc(N)cc(N)n3)c(CCC)s2)c1. The maximum Gasteiger partial charge on any atom is 0.191 e. The van der Waals surface area contributed by atoms with E-state index in [1.165, 1.54) is 34.8 Å². The van der Waals surface area contributed by atoms with Gasteiger partial charge in [0.1, 0.15) is 28.2 Å². The number of hydrogen-bond acceptors (Lipinski definition) is 8. The lowest BCUT2D eigenvalue weighted by Gasteiger charge is -2.06. The van der Waals surface area contributed by atoms with Crippen LogP contribution in [0.15, 0.2) is 29.4 Å². The number of thiazole rings is 1. The van der Waals surface area contributed by atoms with Gasteiger partial charge in [-0.15, -0.1) is 11.3 Å². The molecule has 2 heterocycles. The van der Waals surface area contributed by atoms with Crippen molar-refractivity contribution in [3.63, 3.8) is 0 Å². The molecule has 4 N–H and O–H groups in total. The minimum Gasteiger partial charge on any atom is -0.493 e. The highest BCUT2D eigenvalue weighted by atomic mass is 32.2. The molecule has 2 aromatic heterocycles. The van der Waals surface area contributed by atoms with Crippen LogP contribution < -0.4 is 16.2 Å². The van der Waals surface area contributed by atoms with E-state index >= 15 is 0 Å². The lowest BCUT2D eigenvalue weighted by molar-refractivity contribution is 0.316. The largest absolute Gasteiger partial charge is 0.493 e. The van der Waals surface area contributed by atoms with Gasteiger partial charge in [0.15, 0.2) is 5.16 Å². The number of halogens is 1. The first kappa shape index (κ1) is 21.3. The minimum absolute atomic E-state index is 0.333. The Morgan fingerprint density at radius 3 is 2.48 bits per heavy atom. The van der Waals surface area contributed by atoms with Crippen molar-refractivity contribution in [3.8, 4) is 16.3 Å². The summed E-state index contributed by atoms with van der Waals surface area (Å²) >= 11 is 3.01. The third-order valence-electron chi connectivity index (χ3n) is 3.93. The lowest BCUT2D eigenvalue weighted by atomic mass is 10.2. The number of thioether (sulfide) groups is 1. The van der Waals surface area contributed by atoms with E-state index in [4.69, 9.17) is 21.2 Å². The van der Waals surface area contributed by atoms with Gasteiger partial charge < -0.3 is 16.2 Å². The normalized spacial score (nSPS) is 11.0.